The van der Waals surface area contributed by atoms with Crippen molar-refractivity contribution < 1.29 is 0 Å². The summed E-state index contributed by atoms with van der Waals surface area (Å²) in [7, 11) is 0. The summed E-state index contributed by atoms with van der Waals surface area (Å²) >= 11 is 0. The van der Waals surface area contributed by atoms with Gasteiger partial charge in [-0.05, 0) is 18.1 Å². The molecule has 0 spiro atoms. The highest BCUT2D eigenvalue weighted by atomic mass is 15.1. The third kappa shape index (κ3) is 1.01. The zero-order valence-electron chi connectivity index (χ0n) is 6.67. The molecule has 12 heavy (non-hydrogen) atoms. The largest absolute Gasteiger partial charge is 0.277 e. The number of H-pyrrole nitrogens is 1. The van der Waals surface area contributed by atoms with Crippen molar-refractivity contribution in [2.45, 2.75) is 6.42 Å². The third-order valence-electron chi connectivity index (χ3n) is 1.86. The summed E-state index contributed by atoms with van der Waals surface area (Å²) < 4.78 is 0. The number of aromatic nitrogens is 2. The van der Waals surface area contributed by atoms with Gasteiger partial charge in [0.2, 0.25) is 0 Å². The third-order valence-corrected chi connectivity index (χ3v) is 1.86. The number of fused-ring (bicyclic) bond motifs is 1. The van der Waals surface area contributed by atoms with Gasteiger partial charge in [-0.3, -0.25) is 5.10 Å². The fourth-order valence-corrected chi connectivity index (χ4v) is 1.30. The number of rotatable bonds is 2. The Morgan fingerprint density at radius 1 is 1.58 bits per heavy atom. The molecule has 2 rings (SSSR count). The average Bonchev–Trinajstić information content (AvgIpc) is 2.53. The molecule has 0 amide bonds. The molecule has 1 N–H and O–H groups in total. The minimum absolute atomic E-state index is 0.868. The molecule has 0 unspecified atom stereocenters. The Balaban J connectivity index is 2.65. The highest BCUT2D eigenvalue weighted by molar-refractivity contribution is 5.81. The van der Waals surface area contributed by atoms with Crippen LogP contribution in [0.15, 0.2) is 30.9 Å². The van der Waals surface area contributed by atoms with E-state index in [1.54, 1.807) is 0 Å². The second-order valence-electron chi connectivity index (χ2n) is 2.67. The molecule has 2 aromatic rings. The molecule has 0 bridgehead atoms. The van der Waals surface area contributed by atoms with Crippen LogP contribution in [-0.2, 0) is 6.42 Å². The van der Waals surface area contributed by atoms with Gasteiger partial charge in [0.05, 0.1) is 5.52 Å². The predicted molar refractivity (Wildman–Crippen MR) is 48.8 cm³/mol. The number of allylic oxidation sites excluding steroid dienone is 1. The van der Waals surface area contributed by atoms with Crippen LogP contribution in [0.3, 0.4) is 0 Å². The summed E-state index contributed by atoms with van der Waals surface area (Å²) in [6, 6.07) is 6.06. The van der Waals surface area contributed by atoms with Crippen LogP contribution in [0.25, 0.3) is 10.9 Å². The molecule has 59 valence electrons. The normalized spacial score (nSPS) is 10.3. The molecule has 2 nitrogen and oxygen atoms in total. The van der Waals surface area contributed by atoms with E-state index in [1.165, 1.54) is 5.56 Å². The molecule has 0 aliphatic carbocycles. The highest BCUT2D eigenvalue weighted by Crippen LogP contribution is 2.15. The van der Waals surface area contributed by atoms with Gasteiger partial charge in [0.15, 0.2) is 0 Å². The minimum atomic E-state index is 0.868. The van der Waals surface area contributed by atoms with Crippen LogP contribution in [0.5, 0.6) is 0 Å². The van der Waals surface area contributed by atoms with Gasteiger partial charge in [0.25, 0.3) is 0 Å². The number of nitrogens with zero attached hydrogens (tertiary/aromatic N) is 1. The lowest BCUT2D eigenvalue weighted by atomic mass is 10.1. The molecule has 0 fully saturated rings. The Kier molecular flexibility index (Phi) is 1.67. The summed E-state index contributed by atoms with van der Waals surface area (Å²) in [5, 5.41) is 7.81. The van der Waals surface area contributed by atoms with Crippen molar-refractivity contribution in [3.05, 3.63) is 42.6 Å². The second-order valence-corrected chi connectivity index (χ2v) is 2.67. The molecule has 0 saturated heterocycles. The van der Waals surface area contributed by atoms with E-state index in [0.29, 0.717) is 0 Å². The maximum Gasteiger partial charge on any atom is 0.121 e. The molecular weight excluding hydrogens is 148 g/mol. The smallest absolute Gasteiger partial charge is 0.121 e. The highest BCUT2D eigenvalue weighted by Gasteiger charge is 1.99. The first-order chi connectivity index (χ1) is 5.92. The Labute approximate surface area is 70.9 Å². The number of aromatic amines is 1. The standard InChI is InChI=1S/C10H9N2/c1-2-4-8-5-3-6-10-9(8)7-11-12-10/h2-3,5-6H,1,4H2,(H,11,12). The van der Waals surface area contributed by atoms with Crippen LogP contribution in [0.2, 0.25) is 0 Å². The Bertz CT molecular complexity index is 401. The molecule has 1 radical (unpaired) electrons. The molecule has 1 aromatic carbocycles. The van der Waals surface area contributed by atoms with Crippen molar-refractivity contribution in [3.63, 3.8) is 0 Å². The van der Waals surface area contributed by atoms with Crippen LogP contribution < -0.4 is 0 Å². The van der Waals surface area contributed by atoms with E-state index in [1.807, 2.05) is 18.2 Å². The van der Waals surface area contributed by atoms with E-state index in [4.69, 9.17) is 0 Å². The van der Waals surface area contributed by atoms with E-state index in [9.17, 15) is 0 Å². The van der Waals surface area contributed by atoms with Crippen LogP contribution in [0.1, 0.15) is 5.56 Å². The molecule has 0 aliphatic heterocycles. The van der Waals surface area contributed by atoms with Crippen molar-refractivity contribution in [2.75, 3.05) is 0 Å². The Morgan fingerprint density at radius 2 is 2.50 bits per heavy atom. The van der Waals surface area contributed by atoms with Crippen molar-refractivity contribution in [3.8, 4) is 0 Å². The Hall–Kier alpha value is -1.57. The molecule has 1 heterocycles. The molecular formula is C10H9N2. The first-order valence-corrected chi connectivity index (χ1v) is 3.86. The number of hydrogen-bond donors (Lipinski definition) is 1. The van der Waals surface area contributed by atoms with Crippen LogP contribution in [0.4, 0.5) is 0 Å². The minimum Gasteiger partial charge on any atom is -0.277 e. The summed E-state index contributed by atoms with van der Waals surface area (Å²) in [6.45, 7) is 3.70. The van der Waals surface area contributed by atoms with Gasteiger partial charge in [-0.1, -0.05) is 18.2 Å². The van der Waals surface area contributed by atoms with E-state index >= 15 is 0 Å². The lowest BCUT2D eigenvalue weighted by Crippen LogP contribution is -1.80. The lowest BCUT2D eigenvalue weighted by Gasteiger charge is -1.96. The molecule has 1 aromatic heterocycles. The van der Waals surface area contributed by atoms with E-state index in [-0.39, 0.29) is 0 Å². The molecule has 0 atom stereocenters. The second kappa shape index (κ2) is 2.81. The van der Waals surface area contributed by atoms with Crippen molar-refractivity contribution in [1.29, 1.82) is 0 Å². The summed E-state index contributed by atoms with van der Waals surface area (Å²) in [5.41, 5.74) is 2.26. The summed E-state index contributed by atoms with van der Waals surface area (Å²) in [5.74, 6) is 0. The number of nitrogens with one attached hydrogen (secondary N) is 1. The van der Waals surface area contributed by atoms with Gasteiger partial charge in [-0.2, -0.15) is 5.10 Å². The van der Waals surface area contributed by atoms with Crippen LogP contribution in [0, 0.1) is 6.20 Å². The van der Waals surface area contributed by atoms with Gasteiger partial charge in [-0.25, -0.2) is 0 Å². The first kappa shape index (κ1) is 7.10. The van der Waals surface area contributed by atoms with Crippen molar-refractivity contribution in [2.24, 2.45) is 0 Å². The maximum absolute atomic E-state index is 3.86. The Morgan fingerprint density at radius 3 is 3.33 bits per heavy atom. The zero-order valence-corrected chi connectivity index (χ0v) is 6.67. The van der Waals surface area contributed by atoms with Crippen molar-refractivity contribution in [1.82, 2.24) is 10.2 Å². The lowest BCUT2D eigenvalue weighted by molar-refractivity contribution is 1.11. The molecule has 2 heteroatoms. The fourth-order valence-electron chi connectivity index (χ4n) is 1.30. The fraction of sp³-hybridized carbons (Fsp3) is 0.100. The van der Waals surface area contributed by atoms with E-state index in [0.717, 1.165) is 17.3 Å². The van der Waals surface area contributed by atoms with Crippen molar-refractivity contribution >= 4 is 10.9 Å². The SMILES string of the molecule is C=CCc1cccc2[nH]n[c]c12. The van der Waals surface area contributed by atoms with Gasteiger partial charge < -0.3 is 0 Å². The quantitative estimate of drug-likeness (QED) is 0.664. The predicted octanol–water partition coefficient (Wildman–Crippen LogP) is 2.09. The van der Waals surface area contributed by atoms with Gasteiger partial charge in [0, 0.05) is 5.39 Å². The van der Waals surface area contributed by atoms with Gasteiger partial charge in [0.1, 0.15) is 6.20 Å². The van der Waals surface area contributed by atoms with Gasteiger partial charge >= 0.3 is 0 Å². The molecule has 0 saturated carbocycles. The van der Waals surface area contributed by atoms with Crippen LogP contribution in [-0.4, -0.2) is 10.2 Å². The summed E-state index contributed by atoms with van der Waals surface area (Å²) in [6.07, 6.45) is 5.67. The topological polar surface area (TPSA) is 28.7 Å². The van der Waals surface area contributed by atoms with Crippen LogP contribution >= 0.6 is 0 Å². The monoisotopic (exact) mass is 157 g/mol. The zero-order chi connectivity index (χ0) is 8.39. The maximum atomic E-state index is 3.86. The number of hydrogen-bond acceptors (Lipinski definition) is 1. The first-order valence-electron chi connectivity index (χ1n) is 3.86. The molecule has 0 aliphatic rings. The summed E-state index contributed by atoms with van der Waals surface area (Å²) in [4.78, 5) is 0. The van der Waals surface area contributed by atoms with Gasteiger partial charge in [-0.15, -0.1) is 6.58 Å². The average molecular weight is 157 g/mol. The number of benzene rings is 1. The van der Waals surface area contributed by atoms with E-state index < -0.39 is 0 Å². The van der Waals surface area contributed by atoms with E-state index in [2.05, 4.69) is 29.0 Å².